The molecule has 1 fully saturated rings. The zero-order valence-corrected chi connectivity index (χ0v) is 12.1. The zero-order valence-electron chi connectivity index (χ0n) is 12.1. The highest BCUT2D eigenvalue weighted by Crippen LogP contribution is 2.42. The molecular formula is C15H20F2N2O2. The molecule has 1 aromatic carbocycles. The van der Waals surface area contributed by atoms with Gasteiger partial charge in [0, 0.05) is 30.9 Å². The van der Waals surface area contributed by atoms with E-state index in [2.05, 4.69) is 26.6 Å². The van der Waals surface area contributed by atoms with Crippen LogP contribution >= 0.6 is 0 Å². The molecule has 1 N–H and O–H groups in total. The van der Waals surface area contributed by atoms with Crippen LogP contribution in [-0.2, 0) is 0 Å². The van der Waals surface area contributed by atoms with Crippen LogP contribution in [0.1, 0.15) is 26.2 Å². The Morgan fingerprint density at radius 1 is 1.33 bits per heavy atom. The number of halogens is 2. The predicted octanol–water partition coefficient (Wildman–Crippen LogP) is 2.98. The van der Waals surface area contributed by atoms with Crippen molar-refractivity contribution in [3.63, 3.8) is 0 Å². The van der Waals surface area contributed by atoms with E-state index in [1.54, 1.807) is 12.1 Å². The fourth-order valence-electron chi connectivity index (χ4n) is 2.91. The molecule has 2 aliphatic rings. The van der Waals surface area contributed by atoms with E-state index in [9.17, 15) is 8.78 Å². The highest BCUT2D eigenvalue weighted by atomic mass is 19.3. The van der Waals surface area contributed by atoms with E-state index in [0.717, 1.165) is 44.6 Å². The first-order valence-electron chi connectivity index (χ1n) is 7.45. The van der Waals surface area contributed by atoms with Gasteiger partial charge in [-0.2, -0.15) is 0 Å². The Hall–Kier alpha value is -1.56. The molecule has 2 aliphatic heterocycles. The van der Waals surface area contributed by atoms with Gasteiger partial charge in [0.2, 0.25) is 0 Å². The van der Waals surface area contributed by atoms with Crippen LogP contribution in [0.25, 0.3) is 0 Å². The molecule has 0 aliphatic carbocycles. The van der Waals surface area contributed by atoms with Crippen LogP contribution < -0.4 is 19.7 Å². The summed E-state index contributed by atoms with van der Waals surface area (Å²) in [5, 5.41) is 3.53. The van der Waals surface area contributed by atoms with Gasteiger partial charge in [0.25, 0.3) is 0 Å². The van der Waals surface area contributed by atoms with Gasteiger partial charge >= 0.3 is 6.29 Å². The number of ether oxygens (including phenoxy) is 2. The van der Waals surface area contributed by atoms with Crippen LogP contribution in [0.5, 0.6) is 11.5 Å². The maximum atomic E-state index is 13.1. The highest BCUT2D eigenvalue weighted by Gasteiger charge is 2.43. The van der Waals surface area contributed by atoms with E-state index in [4.69, 9.17) is 0 Å². The molecule has 0 amide bonds. The van der Waals surface area contributed by atoms with E-state index < -0.39 is 6.29 Å². The van der Waals surface area contributed by atoms with Crippen molar-refractivity contribution in [2.45, 2.75) is 38.5 Å². The summed E-state index contributed by atoms with van der Waals surface area (Å²) < 4.78 is 35.1. The zero-order chi connectivity index (χ0) is 14.9. The Bertz CT molecular complexity index is 510. The van der Waals surface area contributed by atoms with E-state index in [0.29, 0.717) is 6.04 Å². The van der Waals surface area contributed by atoms with Crippen LogP contribution in [0.15, 0.2) is 18.2 Å². The molecule has 1 atom stereocenters. The minimum Gasteiger partial charge on any atom is -0.395 e. The molecule has 2 heterocycles. The van der Waals surface area contributed by atoms with Crippen LogP contribution in [0.3, 0.4) is 0 Å². The summed E-state index contributed by atoms with van der Waals surface area (Å²) in [5.74, 6) is 0.212. The maximum Gasteiger partial charge on any atom is 0.586 e. The fourth-order valence-corrected chi connectivity index (χ4v) is 2.91. The first-order valence-corrected chi connectivity index (χ1v) is 7.45. The van der Waals surface area contributed by atoms with Crippen molar-refractivity contribution in [1.29, 1.82) is 0 Å². The predicted molar refractivity (Wildman–Crippen MR) is 76.2 cm³/mol. The number of benzene rings is 1. The highest BCUT2D eigenvalue weighted by molar-refractivity contribution is 5.57. The van der Waals surface area contributed by atoms with Gasteiger partial charge in [-0.25, -0.2) is 0 Å². The van der Waals surface area contributed by atoms with Gasteiger partial charge in [0.15, 0.2) is 11.5 Å². The molecule has 6 heteroatoms. The number of anilines is 1. The van der Waals surface area contributed by atoms with Gasteiger partial charge in [-0.3, -0.25) is 0 Å². The summed E-state index contributed by atoms with van der Waals surface area (Å²) >= 11 is 0. The van der Waals surface area contributed by atoms with Crippen LogP contribution in [0.4, 0.5) is 14.5 Å². The summed E-state index contributed by atoms with van der Waals surface area (Å²) in [6.45, 7) is 4.94. The summed E-state index contributed by atoms with van der Waals surface area (Å²) in [7, 11) is 0. The van der Waals surface area contributed by atoms with Gasteiger partial charge in [0.1, 0.15) is 0 Å². The smallest absolute Gasteiger partial charge is 0.395 e. The number of nitrogens with zero attached hydrogens (tertiary/aromatic N) is 1. The van der Waals surface area contributed by atoms with E-state index in [1.165, 1.54) is 0 Å². The molecular weight excluding hydrogens is 278 g/mol. The third kappa shape index (κ3) is 3.20. The lowest BCUT2D eigenvalue weighted by molar-refractivity contribution is -0.286. The third-order valence-corrected chi connectivity index (χ3v) is 3.87. The third-order valence-electron chi connectivity index (χ3n) is 3.87. The Kier molecular flexibility index (Phi) is 3.89. The number of nitrogens with one attached hydrogen (secondary N) is 1. The van der Waals surface area contributed by atoms with Gasteiger partial charge in [0.05, 0.1) is 0 Å². The molecule has 0 saturated carbocycles. The molecule has 3 rings (SSSR count). The minimum absolute atomic E-state index is 0.0989. The quantitative estimate of drug-likeness (QED) is 0.930. The van der Waals surface area contributed by atoms with E-state index >= 15 is 0 Å². The van der Waals surface area contributed by atoms with Gasteiger partial charge in [-0.1, -0.05) is 13.3 Å². The second-order valence-corrected chi connectivity index (χ2v) is 5.54. The maximum absolute atomic E-state index is 13.1. The van der Waals surface area contributed by atoms with Gasteiger partial charge in [-0.05, 0) is 31.5 Å². The number of rotatable bonds is 3. The summed E-state index contributed by atoms with van der Waals surface area (Å²) in [6, 6.07) is 5.45. The van der Waals surface area contributed by atoms with Crippen LogP contribution in [0, 0.1) is 0 Å². The first-order chi connectivity index (χ1) is 10.1. The molecule has 116 valence electrons. The largest absolute Gasteiger partial charge is 0.586 e. The Balaban J connectivity index is 1.77. The lowest BCUT2D eigenvalue weighted by atomic mass is 10.1. The van der Waals surface area contributed by atoms with E-state index in [-0.39, 0.29) is 11.5 Å². The van der Waals surface area contributed by atoms with Crippen LogP contribution in [0.2, 0.25) is 0 Å². The fraction of sp³-hybridized carbons (Fsp3) is 0.600. The number of hydrogen-bond acceptors (Lipinski definition) is 4. The molecule has 1 unspecified atom stereocenters. The summed E-state index contributed by atoms with van der Waals surface area (Å²) in [6.07, 6.45) is -0.283. The molecule has 0 radical (unpaired) electrons. The number of fused-ring (bicyclic) bond motifs is 1. The van der Waals surface area contributed by atoms with Crippen molar-refractivity contribution in [2.75, 3.05) is 24.5 Å². The minimum atomic E-state index is -3.55. The SMILES string of the molecule is CCCC1CN(c2ccc3c(c2)OC(F)(F)O3)CCCN1. The number of alkyl halides is 2. The van der Waals surface area contributed by atoms with Gasteiger partial charge in [-0.15, -0.1) is 8.78 Å². The molecule has 0 bridgehead atoms. The summed E-state index contributed by atoms with van der Waals surface area (Å²) in [5.41, 5.74) is 0.903. The lowest BCUT2D eigenvalue weighted by Crippen LogP contribution is -2.37. The molecule has 1 saturated heterocycles. The normalized spacial score (nSPS) is 24.0. The Morgan fingerprint density at radius 2 is 2.14 bits per heavy atom. The Labute approximate surface area is 123 Å². The monoisotopic (exact) mass is 298 g/mol. The second kappa shape index (κ2) is 5.67. The van der Waals surface area contributed by atoms with Crippen molar-refractivity contribution in [1.82, 2.24) is 5.32 Å². The molecule has 21 heavy (non-hydrogen) atoms. The van der Waals surface area contributed by atoms with Crippen molar-refractivity contribution >= 4 is 5.69 Å². The average molecular weight is 298 g/mol. The van der Waals surface area contributed by atoms with Gasteiger partial charge < -0.3 is 19.7 Å². The lowest BCUT2D eigenvalue weighted by Gasteiger charge is -2.26. The molecule has 0 spiro atoms. The standard InChI is InChI=1S/C15H20F2N2O2/c1-2-4-11-10-19(8-3-7-18-11)12-5-6-13-14(9-12)21-15(16,17)20-13/h5-6,9,11,18H,2-4,7-8,10H2,1H3. The first kappa shape index (κ1) is 14.4. The van der Waals surface area contributed by atoms with Crippen molar-refractivity contribution in [3.05, 3.63) is 18.2 Å². The second-order valence-electron chi connectivity index (χ2n) is 5.54. The topological polar surface area (TPSA) is 33.7 Å². The number of hydrogen-bond donors (Lipinski definition) is 1. The molecule has 0 aromatic heterocycles. The van der Waals surface area contributed by atoms with E-state index in [1.807, 2.05) is 6.07 Å². The average Bonchev–Trinajstić information content (AvgIpc) is 2.60. The van der Waals surface area contributed by atoms with Crippen molar-refractivity contribution in [2.24, 2.45) is 0 Å². The van der Waals surface area contributed by atoms with Crippen molar-refractivity contribution in [3.8, 4) is 11.5 Å². The van der Waals surface area contributed by atoms with Crippen LogP contribution in [-0.4, -0.2) is 32.0 Å². The Morgan fingerprint density at radius 3 is 2.95 bits per heavy atom. The molecule has 4 nitrogen and oxygen atoms in total. The molecule has 1 aromatic rings. The summed E-state index contributed by atoms with van der Waals surface area (Å²) in [4.78, 5) is 2.22. The van der Waals surface area contributed by atoms with Crippen molar-refractivity contribution < 1.29 is 18.3 Å².